The van der Waals surface area contributed by atoms with Crippen molar-refractivity contribution in [2.75, 3.05) is 0 Å². The third-order valence-electron chi connectivity index (χ3n) is 4.94. The predicted molar refractivity (Wildman–Crippen MR) is 110 cm³/mol. The molecule has 2 aromatic carbocycles. The summed E-state index contributed by atoms with van der Waals surface area (Å²) in [7, 11) is 0. The van der Waals surface area contributed by atoms with Gasteiger partial charge < -0.3 is 4.52 Å². The standard InChI is InChI=1S/C23H24N4O/c1-15-20(16(2)27(25-15)19-9-7-6-8-10-19)22-24-21(26-28-22)17-11-13-18(14-12-17)23(3,4)5/h6-14H,1-5H3. The molecule has 2 heterocycles. The van der Waals surface area contributed by atoms with Crippen LogP contribution in [0.5, 0.6) is 0 Å². The van der Waals surface area contributed by atoms with Gasteiger partial charge in [-0.1, -0.05) is 68.4 Å². The smallest absolute Gasteiger partial charge is 0.262 e. The van der Waals surface area contributed by atoms with Crippen LogP contribution in [0, 0.1) is 13.8 Å². The highest BCUT2D eigenvalue weighted by Crippen LogP contribution is 2.30. The largest absolute Gasteiger partial charge is 0.333 e. The van der Waals surface area contributed by atoms with Crippen LogP contribution in [0.1, 0.15) is 37.7 Å². The normalized spacial score (nSPS) is 11.8. The van der Waals surface area contributed by atoms with Crippen LogP contribution in [0.15, 0.2) is 59.1 Å². The summed E-state index contributed by atoms with van der Waals surface area (Å²) >= 11 is 0. The fourth-order valence-corrected chi connectivity index (χ4v) is 3.33. The molecule has 0 fully saturated rings. The number of nitrogens with zero attached hydrogens (tertiary/aromatic N) is 4. The highest BCUT2D eigenvalue weighted by atomic mass is 16.5. The molecule has 0 atom stereocenters. The van der Waals surface area contributed by atoms with Gasteiger partial charge in [-0.05, 0) is 37.0 Å². The van der Waals surface area contributed by atoms with Crippen molar-refractivity contribution in [3.8, 4) is 28.5 Å². The molecule has 28 heavy (non-hydrogen) atoms. The molecule has 0 saturated heterocycles. The Labute approximate surface area is 165 Å². The van der Waals surface area contributed by atoms with Gasteiger partial charge in [-0.3, -0.25) is 0 Å². The molecule has 0 spiro atoms. The second kappa shape index (κ2) is 6.75. The van der Waals surface area contributed by atoms with E-state index in [2.05, 4.69) is 48.1 Å². The van der Waals surface area contributed by atoms with E-state index in [0.717, 1.165) is 28.2 Å². The maximum absolute atomic E-state index is 5.60. The zero-order chi connectivity index (χ0) is 19.9. The monoisotopic (exact) mass is 372 g/mol. The van der Waals surface area contributed by atoms with E-state index in [1.54, 1.807) is 0 Å². The number of hydrogen-bond acceptors (Lipinski definition) is 4. The summed E-state index contributed by atoms with van der Waals surface area (Å²) in [6, 6.07) is 18.4. The maximum atomic E-state index is 5.60. The van der Waals surface area contributed by atoms with Crippen molar-refractivity contribution in [3.63, 3.8) is 0 Å². The zero-order valence-corrected chi connectivity index (χ0v) is 16.9. The van der Waals surface area contributed by atoms with Gasteiger partial charge in [0.1, 0.15) is 0 Å². The van der Waals surface area contributed by atoms with Crippen molar-refractivity contribution < 1.29 is 4.52 Å². The van der Waals surface area contributed by atoms with Gasteiger partial charge in [-0.2, -0.15) is 10.1 Å². The Morgan fingerprint density at radius 3 is 2.21 bits per heavy atom. The number of rotatable bonds is 3. The van der Waals surface area contributed by atoms with Crippen LogP contribution in [-0.4, -0.2) is 19.9 Å². The van der Waals surface area contributed by atoms with Gasteiger partial charge in [0.25, 0.3) is 5.89 Å². The third kappa shape index (κ3) is 3.24. The second-order valence-electron chi connectivity index (χ2n) is 8.04. The van der Waals surface area contributed by atoms with Gasteiger partial charge in [0.05, 0.1) is 22.6 Å². The van der Waals surface area contributed by atoms with Gasteiger partial charge in [0.2, 0.25) is 5.82 Å². The third-order valence-corrected chi connectivity index (χ3v) is 4.94. The Hall–Kier alpha value is -3.21. The Balaban J connectivity index is 1.70. The van der Waals surface area contributed by atoms with E-state index in [1.807, 2.05) is 61.0 Å². The lowest BCUT2D eigenvalue weighted by molar-refractivity contribution is 0.432. The minimum Gasteiger partial charge on any atom is -0.333 e. The van der Waals surface area contributed by atoms with E-state index in [-0.39, 0.29) is 5.41 Å². The molecular weight excluding hydrogens is 348 g/mol. The van der Waals surface area contributed by atoms with E-state index in [1.165, 1.54) is 5.56 Å². The van der Waals surface area contributed by atoms with Crippen LogP contribution in [0.3, 0.4) is 0 Å². The Morgan fingerprint density at radius 2 is 1.57 bits per heavy atom. The Morgan fingerprint density at radius 1 is 0.893 bits per heavy atom. The average Bonchev–Trinajstić information content (AvgIpc) is 3.26. The highest BCUT2D eigenvalue weighted by Gasteiger charge is 2.21. The molecule has 0 amide bonds. The van der Waals surface area contributed by atoms with Crippen molar-refractivity contribution in [3.05, 3.63) is 71.5 Å². The molecule has 0 aliphatic carbocycles. The van der Waals surface area contributed by atoms with E-state index < -0.39 is 0 Å². The Kier molecular flexibility index (Phi) is 4.38. The maximum Gasteiger partial charge on any atom is 0.262 e. The molecule has 142 valence electrons. The second-order valence-corrected chi connectivity index (χ2v) is 8.04. The average molecular weight is 372 g/mol. The van der Waals surface area contributed by atoms with Gasteiger partial charge in [-0.15, -0.1) is 0 Å². The number of aryl methyl sites for hydroxylation is 1. The Bertz CT molecular complexity index is 1100. The summed E-state index contributed by atoms with van der Waals surface area (Å²) < 4.78 is 7.51. The summed E-state index contributed by atoms with van der Waals surface area (Å²) in [6.07, 6.45) is 0. The first-order valence-corrected chi connectivity index (χ1v) is 9.41. The lowest BCUT2D eigenvalue weighted by atomic mass is 9.87. The van der Waals surface area contributed by atoms with Crippen molar-refractivity contribution in [2.45, 2.75) is 40.0 Å². The molecule has 4 aromatic rings. The van der Waals surface area contributed by atoms with Crippen LogP contribution in [0.4, 0.5) is 0 Å². The first kappa shape index (κ1) is 18.2. The van der Waals surface area contributed by atoms with Crippen molar-refractivity contribution in [2.24, 2.45) is 0 Å². The molecule has 0 radical (unpaired) electrons. The molecular formula is C23H24N4O. The molecule has 0 saturated carbocycles. The molecule has 5 nitrogen and oxygen atoms in total. The van der Waals surface area contributed by atoms with Crippen LogP contribution in [-0.2, 0) is 5.41 Å². The van der Waals surface area contributed by atoms with Crippen molar-refractivity contribution in [1.29, 1.82) is 0 Å². The quantitative estimate of drug-likeness (QED) is 0.476. The van der Waals surface area contributed by atoms with Gasteiger partial charge in [-0.25, -0.2) is 4.68 Å². The summed E-state index contributed by atoms with van der Waals surface area (Å²) in [5, 5.41) is 8.86. The fraction of sp³-hybridized carbons (Fsp3) is 0.261. The van der Waals surface area contributed by atoms with E-state index in [9.17, 15) is 0 Å². The van der Waals surface area contributed by atoms with Crippen LogP contribution < -0.4 is 0 Å². The summed E-state index contributed by atoms with van der Waals surface area (Å²) in [5.41, 5.74) is 6.05. The summed E-state index contributed by atoms with van der Waals surface area (Å²) in [4.78, 5) is 4.64. The molecule has 5 heteroatoms. The van der Waals surface area contributed by atoms with Gasteiger partial charge in [0.15, 0.2) is 0 Å². The minimum atomic E-state index is 0.112. The van der Waals surface area contributed by atoms with E-state index in [4.69, 9.17) is 4.52 Å². The zero-order valence-electron chi connectivity index (χ0n) is 16.9. The molecule has 0 unspecified atom stereocenters. The first-order chi connectivity index (χ1) is 13.3. The summed E-state index contributed by atoms with van der Waals surface area (Å²) in [6.45, 7) is 10.6. The fourth-order valence-electron chi connectivity index (χ4n) is 3.33. The highest BCUT2D eigenvalue weighted by molar-refractivity contribution is 5.64. The van der Waals surface area contributed by atoms with E-state index in [0.29, 0.717) is 11.7 Å². The number of benzene rings is 2. The topological polar surface area (TPSA) is 56.7 Å². The number of para-hydroxylation sites is 1. The van der Waals surface area contributed by atoms with E-state index >= 15 is 0 Å². The van der Waals surface area contributed by atoms with Gasteiger partial charge in [0, 0.05) is 5.56 Å². The van der Waals surface area contributed by atoms with Crippen LogP contribution in [0.25, 0.3) is 28.5 Å². The van der Waals surface area contributed by atoms with Crippen molar-refractivity contribution in [1.82, 2.24) is 19.9 Å². The molecule has 2 aromatic heterocycles. The minimum absolute atomic E-state index is 0.112. The predicted octanol–water partition coefficient (Wildman–Crippen LogP) is 5.50. The lowest BCUT2D eigenvalue weighted by Gasteiger charge is -2.18. The summed E-state index contributed by atoms with van der Waals surface area (Å²) in [5.74, 6) is 1.08. The van der Waals surface area contributed by atoms with Crippen LogP contribution in [0.2, 0.25) is 0 Å². The lowest BCUT2D eigenvalue weighted by Crippen LogP contribution is -2.10. The number of hydrogen-bond donors (Lipinski definition) is 0. The molecule has 0 bridgehead atoms. The van der Waals surface area contributed by atoms with Crippen LogP contribution >= 0.6 is 0 Å². The molecule has 4 rings (SSSR count). The van der Waals surface area contributed by atoms with Crippen molar-refractivity contribution >= 4 is 0 Å². The molecule has 0 aliphatic heterocycles. The van der Waals surface area contributed by atoms with Gasteiger partial charge >= 0.3 is 0 Å². The SMILES string of the molecule is Cc1nn(-c2ccccc2)c(C)c1-c1nc(-c2ccc(C(C)(C)C)cc2)no1. The first-order valence-electron chi connectivity index (χ1n) is 9.41. The molecule has 0 N–H and O–H groups in total. The molecule has 0 aliphatic rings. The number of aromatic nitrogens is 4.